The number of rotatable bonds is 5. The molecule has 5 heteroatoms. The van der Waals surface area contributed by atoms with Gasteiger partial charge in [-0.1, -0.05) is 42.2 Å². The van der Waals surface area contributed by atoms with Crippen LogP contribution in [0.5, 0.6) is 5.75 Å². The van der Waals surface area contributed by atoms with Gasteiger partial charge in [-0.2, -0.15) is 0 Å². The Kier molecular flexibility index (Phi) is 6.27. The number of benzene rings is 1. The lowest BCUT2D eigenvalue weighted by atomic mass is 9.49. The topological polar surface area (TPSA) is 52.6 Å². The van der Waals surface area contributed by atoms with Crippen LogP contribution in [0, 0.1) is 41.4 Å². The zero-order valence-electron chi connectivity index (χ0n) is 19.9. The smallest absolute Gasteiger partial charge is 0.345 e. The third-order valence-corrected chi connectivity index (χ3v) is 9.77. The summed E-state index contributed by atoms with van der Waals surface area (Å²) in [5, 5.41) is 0.460. The molecule has 0 aliphatic heterocycles. The number of para-hydroxylation sites is 1. The van der Waals surface area contributed by atoms with Crippen LogP contribution in [0.2, 0.25) is 5.02 Å². The predicted octanol–water partition coefficient (Wildman–Crippen LogP) is 6.17. The minimum Gasteiger partial charge on any atom is -0.480 e. The number of esters is 1. The molecule has 5 rings (SSSR count). The first kappa shape index (κ1) is 23.5. The van der Waals surface area contributed by atoms with Crippen LogP contribution in [-0.4, -0.2) is 24.0 Å². The molecule has 4 aliphatic rings. The Morgan fingerprint density at radius 2 is 1.97 bits per heavy atom. The van der Waals surface area contributed by atoms with Gasteiger partial charge in [0.2, 0.25) is 0 Å². The molecule has 3 saturated carbocycles. The highest BCUT2D eigenvalue weighted by Crippen LogP contribution is 2.67. The number of ketones is 1. The second-order valence-electron chi connectivity index (χ2n) is 10.6. The van der Waals surface area contributed by atoms with Crippen molar-refractivity contribution in [3.05, 3.63) is 40.9 Å². The average Bonchev–Trinajstić information content (AvgIpc) is 3.18. The van der Waals surface area contributed by atoms with Crippen LogP contribution in [0.3, 0.4) is 0 Å². The molecule has 0 saturated heterocycles. The first-order chi connectivity index (χ1) is 16.4. The lowest BCUT2D eigenvalue weighted by Crippen LogP contribution is -2.55. The minimum atomic E-state index is -0.892. The summed E-state index contributed by atoms with van der Waals surface area (Å²) in [4.78, 5) is 24.9. The van der Waals surface area contributed by atoms with Crippen molar-refractivity contribution in [3.63, 3.8) is 0 Å². The summed E-state index contributed by atoms with van der Waals surface area (Å²) in [5.41, 5.74) is 0.289. The number of ether oxygens (including phenoxy) is 2. The van der Waals surface area contributed by atoms with Crippen molar-refractivity contribution in [2.24, 2.45) is 29.1 Å². The fourth-order valence-corrected chi connectivity index (χ4v) is 8.23. The number of hydrogen-bond donors (Lipinski definition) is 0. The number of carbonyl (C=O) groups excluding carboxylic acids is 2. The Labute approximate surface area is 207 Å². The molecule has 0 N–H and O–H groups in total. The second kappa shape index (κ2) is 9.08. The Bertz CT molecular complexity index is 1050. The summed E-state index contributed by atoms with van der Waals surface area (Å²) in [7, 11) is 0. The van der Waals surface area contributed by atoms with Crippen LogP contribution in [0.1, 0.15) is 64.7 Å². The molecule has 0 amide bonds. The summed E-state index contributed by atoms with van der Waals surface area (Å²) < 4.78 is 11.8. The summed E-state index contributed by atoms with van der Waals surface area (Å²) in [6.45, 7) is 1.99. The first-order valence-electron chi connectivity index (χ1n) is 12.7. The maximum atomic E-state index is 13.0. The number of terminal acetylenes is 1. The van der Waals surface area contributed by atoms with E-state index in [9.17, 15) is 9.59 Å². The van der Waals surface area contributed by atoms with E-state index in [1.807, 2.05) is 18.2 Å². The highest BCUT2D eigenvalue weighted by molar-refractivity contribution is 6.32. The molecule has 4 aliphatic carbocycles. The van der Waals surface area contributed by atoms with Gasteiger partial charge < -0.3 is 9.47 Å². The molecule has 180 valence electrons. The number of halogens is 1. The minimum absolute atomic E-state index is 0.200. The van der Waals surface area contributed by atoms with Crippen LogP contribution in [0.25, 0.3) is 0 Å². The molecule has 0 radical (unpaired) electrons. The van der Waals surface area contributed by atoms with Crippen LogP contribution < -0.4 is 4.74 Å². The monoisotopic (exact) mass is 480 g/mol. The molecule has 34 heavy (non-hydrogen) atoms. The SMILES string of the molecule is C#C[C@]1(OC(=O)COc2ccccc2Cl)CCC2C3CCC4=CC(=O)CCC4C3CC[C@@]21CC. The third-order valence-electron chi connectivity index (χ3n) is 9.45. The molecule has 3 fully saturated rings. The first-order valence-corrected chi connectivity index (χ1v) is 13.1. The number of allylic oxidation sites excluding steroid dienone is 1. The molecule has 4 unspecified atom stereocenters. The van der Waals surface area contributed by atoms with E-state index in [0.717, 1.165) is 44.9 Å². The predicted molar refractivity (Wildman–Crippen MR) is 131 cm³/mol. The van der Waals surface area contributed by atoms with Gasteiger partial charge in [-0.05, 0) is 93.2 Å². The molecule has 6 atom stereocenters. The lowest BCUT2D eigenvalue weighted by molar-refractivity contribution is -0.175. The van der Waals surface area contributed by atoms with E-state index in [-0.39, 0.29) is 12.0 Å². The van der Waals surface area contributed by atoms with E-state index in [1.54, 1.807) is 12.1 Å². The Balaban J connectivity index is 1.35. The molecule has 1 aromatic rings. The maximum absolute atomic E-state index is 13.0. The third kappa shape index (κ3) is 3.68. The maximum Gasteiger partial charge on any atom is 0.345 e. The van der Waals surface area contributed by atoms with Gasteiger partial charge in [0.15, 0.2) is 18.0 Å². The summed E-state index contributed by atoms with van der Waals surface area (Å²) in [6.07, 6.45) is 16.5. The van der Waals surface area contributed by atoms with E-state index in [4.69, 9.17) is 27.5 Å². The van der Waals surface area contributed by atoms with Crippen LogP contribution in [-0.2, 0) is 14.3 Å². The van der Waals surface area contributed by atoms with E-state index < -0.39 is 11.6 Å². The van der Waals surface area contributed by atoms with Crippen molar-refractivity contribution in [1.29, 1.82) is 0 Å². The van der Waals surface area contributed by atoms with Gasteiger partial charge >= 0.3 is 5.97 Å². The highest BCUT2D eigenvalue weighted by Gasteiger charge is 2.65. The molecule has 4 nitrogen and oxygen atoms in total. The van der Waals surface area contributed by atoms with Crippen LogP contribution in [0.15, 0.2) is 35.9 Å². The van der Waals surface area contributed by atoms with Gasteiger partial charge in [-0.25, -0.2) is 4.79 Å². The number of fused-ring (bicyclic) bond motifs is 5. The Morgan fingerprint density at radius 3 is 2.74 bits per heavy atom. The number of carbonyl (C=O) groups is 2. The fourth-order valence-electron chi connectivity index (χ4n) is 8.04. The molecule has 0 bridgehead atoms. The van der Waals surface area contributed by atoms with Crippen molar-refractivity contribution in [3.8, 4) is 18.1 Å². The van der Waals surface area contributed by atoms with E-state index in [1.165, 1.54) is 5.57 Å². The van der Waals surface area contributed by atoms with E-state index in [2.05, 4.69) is 12.8 Å². The van der Waals surface area contributed by atoms with E-state index in [0.29, 0.717) is 53.1 Å². The van der Waals surface area contributed by atoms with E-state index >= 15 is 0 Å². The van der Waals surface area contributed by atoms with Crippen molar-refractivity contribution in [2.75, 3.05) is 6.61 Å². The number of hydrogen-bond acceptors (Lipinski definition) is 4. The van der Waals surface area contributed by atoms with Crippen molar-refractivity contribution in [1.82, 2.24) is 0 Å². The molecular formula is C29H33ClO4. The molecule has 1 aromatic carbocycles. The fraction of sp³-hybridized carbons (Fsp3) is 0.586. The zero-order chi connectivity index (χ0) is 23.9. The van der Waals surface area contributed by atoms with Gasteiger partial charge in [0.05, 0.1) is 5.02 Å². The van der Waals surface area contributed by atoms with Gasteiger partial charge in [-0.15, -0.1) is 6.42 Å². The van der Waals surface area contributed by atoms with Gasteiger partial charge in [0, 0.05) is 11.8 Å². The molecule has 0 heterocycles. The van der Waals surface area contributed by atoms with Crippen molar-refractivity contribution >= 4 is 23.4 Å². The zero-order valence-corrected chi connectivity index (χ0v) is 20.6. The molecule has 0 aromatic heterocycles. The van der Waals surface area contributed by atoms with Gasteiger partial charge in [0.25, 0.3) is 0 Å². The molecule has 0 spiro atoms. The standard InChI is InChI=1S/C29H33ClO4/c1-3-28-15-13-22-21-12-10-20(31)17-19(21)9-11-23(22)24(28)14-16-29(28,4-2)34-27(32)18-33-26-8-6-5-7-25(26)30/h2,5-8,17,21-24H,3,9-16,18H2,1H3/t21?,22?,23?,24?,28-,29-/m0/s1. The molecular weight excluding hydrogens is 448 g/mol. The van der Waals surface area contributed by atoms with Gasteiger partial charge in [-0.3, -0.25) is 4.79 Å². The summed E-state index contributed by atoms with van der Waals surface area (Å²) in [6, 6.07) is 7.09. The second-order valence-corrected chi connectivity index (χ2v) is 11.0. The Hall–Kier alpha value is -2.25. The quantitative estimate of drug-likeness (QED) is 0.373. The average molecular weight is 481 g/mol. The largest absolute Gasteiger partial charge is 0.480 e. The lowest BCUT2D eigenvalue weighted by Gasteiger charge is -2.56. The Morgan fingerprint density at radius 1 is 1.15 bits per heavy atom. The summed E-state index contributed by atoms with van der Waals surface area (Å²) in [5.74, 6) is 5.49. The highest BCUT2D eigenvalue weighted by atomic mass is 35.5. The van der Waals surface area contributed by atoms with Crippen molar-refractivity contribution < 1.29 is 19.1 Å². The van der Waals surface area contributed by atoms with Crippen molar-refractivity contribution in [2.45, 2.75) is 70.3 Å². The van der Waals surface area contributed by atoms with Gasteiger partial charge in [0.1, 0.15) is 5.75 Å². The van der Waals surface area contributed by atoms with Crippen LogP contribution >= 0.6 is 11.6 Å². The normalized spacial score (nSPS) is 36.4. The van der Waals surface area contributed by atoms with Crippen LogP contribution in [0.4, 0.5) is 0 Å². The summed E-state index contributed by atoms with van der Waals surface area (Å²) >= 11 is 6.16.